The fourth-order valence-electron chi connectivity index (χ4n) is 1.33. The SMILES string of the molecule is CC(C)(C(=O)CBr)c1ccc([N+](=O)[O-])cc1. The Bertz CT molecular complexity index is 412. The molecule has 0 fully saturated rings. The van der Waals surface area contributed by atoms with Crippen molar-refractivity contribution >= 4 is 27.4 Å². The Morgan fingerprint density at radius 2 is 1.88 bits per heavy atom. The molecule has 0 saturated carbocycles. The number of nitro benzene ring substituents is 1. The first-order valence-electron chi connectivity index (χ1n) is 4.74. The number of rotatable bonds is 4. The number of nitro groups is 1. The molecule has 0 spiro atoms. The molecule has 0 atom stereocenters. The number of hydrogen-bond acceptors (Lipinski definition) is 3. The van der Waals surface area contributed by atoms with E-state index in [4.69, 9.17) is 0 Å². The van der Waals surface area contributed by atoms with Crippen LogP contribution in [-0.2, 0) is 10.2 Å². The van der Waals surface area contributed by atoms with Crippen molar-refractivity contribution < 1.29 is 9.72 Å². The Labute approximate surface area is 102 Å². The van der Waals surface area contributed by atoms with Gasteiger partial charge in [-0.2, -0.15) is 0 Å². The number of nitrogens with zero attached hydrogens (tertiary/aromatic N) is 1. The van der Waals surface area contributed by atoms with Gasteiger partial charge in [0.25, 0.3) is 5.69 Å². The van der Waals surface area contributed by atoms with Crippen molar-refractivity contribution in [3.63, 3.8) is 0 Å². The highest BCUT2D eigenvalue weighted by atomic mass is 79.9. The normalized spacial score (nSPS) is 11.2. The van der Waals surface area contributed by atoms with Crippen molar-refractivity contribution in [2.24, 2.45) is 0 Å². The first-order chi connectivity index (χ1) is 7.39. The van der Waals surface area contributed by atoms with Crippen molar-refractivity contribution in [3.05, 3.63) is 39.9 Å². The predicted octanol–water partition coefficient (Wildman–Crippen LogP) is 2.84. The second kappa shape index (κ2) is 4.74. The Morgan fingerprint density at radius 1 is 1.38 bits per heavy atom. The molecule has 16 heavy (non-hydrogen) atoms. The lowest BCUT2D eigenvalue weighted by atomic mass is 9.81. The molecule has 0 heterocycles. The molecule has 0 saturated heterocycles. The molecule has 0 amide bonds. The van der Waals surface area contributed by atoms with Crippen LogP contribution in [0.25, 0.3) is 0 Å². The number of benzene rings is 1. The average Bonchev–Trinajstić information content (AvgIpc) is 2.28. The summed E-state index contributed by atoms with van der Waals surface area (Å²) in [5.74, 6) is 0.0429. The van der Waals surface area contributed by atoms with E-state index in [0.717, 1.165) is 5.56 Å². The maximum Gasteiger partial charge on any atom is 0.269 e. The van der Waals surface area contributed by atoms with E-state index in [1.807, 2.05) is 0 Å². The largest absolute Gasteiger partial charge is 0.298 e. The standard InChI is InChI=1S/C11H12BrNO3/c1-11(2,10(14)7-12)8-3-5-9(6-4-8)13(15)16/h3-6H,7H2,1-2H3. The van der Waals surface area contributed by atoms with Gasteiger partial charge in [0.1, 0.15) is 0 Å². The van der Waals surface area contributed by atoms with Gasteiger partial charge in [-0.05, 0) is 19.4 Å². The molecule has 1 aromatic rings. The summed E-state index contributed by atoms with van der Waals surface area (Å²) in [6.45, 7) is 3.61. The lowest BCUT2D eigenvalue weighted by Gasteiger charge is -2.22. The number of carbonyl (C=O) groups excluding carboxylic acids is 1. The molecule has 0 aliphatic rings. The summed E-state index contributed by atoms with van der Waals surface area (Å²) in [7, 11) is 0. The molecule has 86 valence electrons. The average molecular weight is 286 g/mol. The van der Waals surface area contributed by atoms with Gasteiger partial charge >= 0.3 is 0 Å². The number of non-ortho nitro benzene ring substituents is 1. The monoisotopic (exact) mass is 285 g/mol. The fourth-order valence-corrected chi connectivity index (χ4v) is 2.03. The predicted molar refractivity (Wildman–Crippen MR) is 64.9 cm³/mol. The fraction of sp³-hybridized carbons (Fsp3) is 0.364. The van der Waals surface area contributed by atoms with Gasteiger partial charge in [0.05, 0.1) is 10.3 Å². The molecule has 0 aliphatic heterocycles. The quantitative estimate of drug-likeness (QED) is 0.486. The van der Waals surface area contributed by atoms with Crippen molar-refractivity contribution in [1.29, 1.82) is 0 Å². The Morgan fingerprint density at radius 3 is 2.25 bits per heavy atom. The summed E-state index contributed by atoms with van der Waals surface area (Å²) in [5.41, 5.74) is 0.187. The van der Waals surface area contributed by atoms with Crippen molar-refractivity contribution in [1.82, 2.24) is 0 Å². The number of alkyl halides is 1. The summed E-state index contributed by atoms with van der Waals surface area (Å²) >= 11 is 3.13. The van der Waals surface area contributed by atoms with E-state index >= 15 is 0 Å². The van der Waals surface area contributed by atoms with Crippen LogP contribution < -0.4 is 0 Å². The maximum absolute atomic E-state index is 11.7. The zero-order valence-corrected chi connectivity index (χ0v) is 10.7. The van der Waals surface area contributed by atoms with Crippen LogP contribution in [0.3, 0.4) is 0 Å². The Kier molecular flexibility index (Phi) is 3.80. The first-order valence-corrected chi connectivity index (χ1v) is 5.86. The molecular formula is C11H12BrNO3. The van der Waals surface area contributed by atoms with E-state index in [0.29, 0.717) is 0 Å². The van der Waals surface area contributed by atoms with Crippen LogP contribution in [0.2, 0.25) is 0 Å². The number of carbonyl (C=O) groups is 1. The maximum atomic E-state index is 11.7. The number of ketones is 1. The van der Waals surface area contributed by atoms with Crippen LogP contribution in [0.1, 0.15) is 19.4 Å². The van der Waals surface area contributed by atoms with E-state index in [1.165, 1.54) is 12.1 Å². The highest BCUT2D eigenvalue weighted by Crippen LogP contribution is 2.26. The van der Waals surface area contributed by atoms with Gasteiger partial charge in [-0.3, -0.25) is 14.9 Å². The van der Waals surface area contributed by atoms with Gasteiger partial charge in [-0.25, -0.2) is 0 Å². The van der Waals surface area contributed by atoms with Gasteiger partial charge in [-0.1, -0.05) is 28.1 Å². The zero-order valence-electron chi connectivity index (χ0n) is 9.07. The first kappa shape index (κ1) is 12.8. The van der Waals surface area contributed by atoms with Gasteiger partial charge in [-0.15, -0.1) is 0 Å². The lowest BCUT2D eigenvalue weighted by molar-refractivity contribution is -0.384. The third-order valence-electron chi connectivity index (χ3n) is 2.62. The molecule has 1 rings (SSSR count). The van der Waals surface area contributed by atoms with Crippen LogP contribution in [0.15, 0.2) is 24.3 Å². The minimum Gasteiger partial charge on any atom is -0.298 e. The van der Waals surface area contributed by atoms with Crippen LogP contribution >= 0.6 is 15.9 Å². The van der Waals surface area contributed by atoms with E-state index < -0.39 is 10.3 Å². The molecule has 0 radical (unpaired) electrons. The number of hydrogen-bond donors (Lipinski definition) is 0. The lowest BCUT2D eigenvalue weighted by Crippen LogP contribution is -2.29. The van der Waals surface area contributed by atoms with Crippen LogP contribution in [-0.4, -0.2) is 16.0 Å². The highest BCUT2D eigenvalue weighted by molar-refractivity contribution is 9.09. The van der Waals surface area contributed by atoms with Gasteiger partial charge in [0.2, 0.25) is 0 Å². The minimum absolute atomic E-state index is 0.0332. The molecule has 0 unspecified atom stereocenters. The Balaban J connectivity index is 3.06. The molecule has 0 aromatic heterocycles. The molecule has 0 N–H and O–H groups in total. The number of Topliss-reactive ketones (excluding diaryl/α,β-unsaturated/α-hetero) is 1. The number of halogens is 1. The Hall–Kier alpha value is -1.23. The zero-order chi connectivity index (χ0) is 12.3. The summed E-state index contributed by atoms with van der Waals surface area (Å²) in [6.07, 6.45) is 0. The third-order valence-corrected chi connectivity index (χ3v) is 3.13. The highest BCUT2D eigenvalue weighted by Gasteiger charge is 2.28. The van der Waals surface area contributed by atoms with Crippen LogP contribution in [0, 0.1) is 10.1 Å². The molecule has 0 bridgehead atoms. The second-order valence-electron chi connectivity index (χ2n) is 3.99. The summed E-state index contributed by atoms with van der Waals surface area (Å²) in [5, 5.41) is 10.8. The minimum atomic E-state index is -0.626. The topological polar surface area (TPSA) is 60.2 Å². The molecule has 1 aromatic carbocycles. The summed E-state index contributed by atoms with van der Waals surface area (Å²) < 4.78 is 0. The summed E-state index contributed by atoms with van der Waals surface area (Å²) in [6, 6.07) is 6.08. The van der Waals surface area contributed by atoms with Crippen molar-refractivity contribution in [2.45, 2.75) is 19.3 Å². The molecule has 4 nitrogen and oxygen atoms in total. The van der Waals surface area contributed by atoms with E-state index in [2.05, 4.69) is 15.9 Å². The second-order valence-corrected chi connectivity index (χ2v) is 4.55. The van der Waals surface area contributed by atoms with Crippen LogP contribution in [0.4, 0.5) is 5.69 Å². The van der Waals surface area contributed by atoms with Crippen molar-refractivity contribution in [2.75, 3.05) is 5.33 Å². The van der Waals surface area contributed by atoms with Crippen molar-refractivity contribution in [3.8, 4) is 0 Å². The smallest absolute Gasteiger partial charge is 0.269 e. The van der Waals surface area contributed by atoms with E-state index in [-0.39, 0.29) is 16.8 Å². The third kappa shape index (κ3) is 2.47. The van der Waals surface area contributed by atoms with Gasteiger partial charge < -0.3 is 0 Å². The van der Waals surface area contributed by atoms with Crippen LogP contribution in [0.5, 0.6) is 0 Å². The van der Waals surface area contributed by atoms with Gasteiger partial charge in [0.15, 0.2) is 5.78 Å². The van der Waals surface area contributed by atoms with E-state index in [1.54, 1.807) is 26.0 Å². The summed E-state index contributed by atoms with van der Waals surface area (Å²) in [4.78, 5) is 21.7. The van der Waals surface area contributed by atoms with Gasteiger partial charge in [0, 0.05) is 17.5 Å². The molecule has 0 aliphatic carbocycles. The molecule has 5 heteroatoms. The van der Waals surface area contributed by atoms with E-state index in [9.17, 15) is 14.9 Å². The molecular weight excluding hydrogens is 274 g/mol.